The fourth-order valence-corrected chi connectivity index (χ4v) is 1.50. The molecular formula is C12H12N4O. The van der Waals surface area contributed by atoms with E-state index in [1.165, 1.54) is 18.7 Å². The molecule has 0 saturated carbocycles. The lowest BCUT2D eigenvalue weighted by Gasteiger charge is -2.07. The molecule has 0 saturated heterocycles. The third kappa shape index (κ3) is 2.57. The van der Waals surface area contributed by atoms with Crippen LogP contribution < -0.4 is 11.1 Å². The Morgan fingerprint density at radius 2 is 2.00 bits per heavy atom. The third-order valence-corrected chi connectivity index (χ3v) is 2.31. The number of nitrogens with zero attached hydrogens (tertiary/aromatic N) is 2. The topological polar surface area (TPSA) is 80.9 Å². The van der Waals surface area contributed by atoms with E-state index in [1.54, 1.807) is 18.2 Å². The SMILES string of the molecule is Cc1cc(N)ccc1C(=O)Nc1cncnc1. The van der Waals surface area contributed by atoms with Crippen LogP contribution in [0.4, 0.5) is 11.4 Å². The number of anilines is 2. The van der Waals surface area contributed by atoms with Crippen molar-refractivity contribution in [1.29, 1.82) is 0 Å². The number of nitrogen functional groups attached to an aromatic ring is 1. The molecule has 86 valence electrons. The summed E-state index contributed by atoms with van der Waals surface area (Å²) in [6.45, 7) is 1.84. The van der Waals surface area contributed by atoms with Gasteiger partial charge < -0.3 is 11.1 Å². The Labute approximate surface area is 98.7 Å². The fraction of sp³-hybridized carbons (Fsp3) is 0.0833. The monoisotopic (exact) mass is 228 g/mol. The molecule has 1 aromatic heterocycles. The van der Waals surface area contributed by atoms with Crippen molar-refractivity contribution in [2.45, 2.75) is 6.92 Å². The van der Waals surface area contributed by atoms with Crippen molar-refractivity contribution >= 4 is 17.3 Å². The summed E-state index contributed by atoms with van der Waals surface area (Å²) >= 11 is 0. The number of nitrogens with two attached hydrogens (primary N) is 1. The highest BCUT2D eigenvalue weighted by molar-refractivity contribution is 6.05. The van der Waals surface area contributed by atoms with Crippen LogP contribution in [0.1, 0.15) is 15.9 Å². The average molecular weight is 228 g/mol. The lowest BCUT2D eigenvalue weighted by atomic mass is 10.1. The second-order valence-corrected chi connectivity index (χ2v) is 3.66. The van der Waals surface area contributed by atoms with Gasteiger partial charge in [0, 0.05) is 11.3 Å². The van der Waals surface area contributed by atoms with Crippen molar-refractivity contribution in [1.82, 2.24) is 9.97 Å². The summed E-state index contributed by atoms with van der Waals surface area (Å²) in [5.74, 6) is -0.197. The summed E-state index contributed by atoms with van der Waals surface area (Å²) in [5.41, 5.74) is 8.25. The molecule has 0 aliphatic carbocycles. The van der Waals surface area contributed by atoms with Gasteiger partial charge in [0.15, 0.2) is 0 Å². The van der Waals surface area contributed by atoms with Gasteiger partial charge in [0.25, 0.3) is 5.91 Å². The molecule has 5 heteroatoms. The van der Waals surface area contributed by atoms with Gasteiger partial charge in [-0.2, -0.15) is 0 Å². The van der Waals surface area contributed by atoms with Crippen LogP contribution in [0.5, 0.6) is 0 Å². The molecule has 0 fully saturated rings. The number of carbonyl (C=O) groups excluding carboxylic acids is 1. The van der Waals surface area contributed by atoms with Crippen LogP contribution in [0, 0.1) is 6.92 Å². The highest BCUT2D eigenvalue weighted by Gasteiger charge is 2.09. The molecule has 3 N–H and O–H groups in total. The third-order valence-electron chi connectivity index (χ3n) is 2.31. The Balaban J connectivity index is 2.21. The number of benzene rings is 1. The highest BCUT2D eigenvalue weighted by Crippen LogP contribution is 2.14. The summed E-state index contributed by atoms with van der Waals surface area (Å²) < 4.78 is 0. The number of aromatic nitrogens is 2. The minimum absolute atomic E-state index is 0.197. The Hall–Kier alpha value is -2.43. The van der Waals surface area contributed by atoms with Crippen molar-refractivity contribution in [3.05, 3.63) is 48.0 Å². The zero-order chi connectivity index (χ0) is 12.3. The van der Waals surface area contributed by atoms with Gasteiger partial charge in [-0.05, 0) is 30.7 Å². The molecule has 1 heterocycles. The molecule has 2 aromatic rings. The molecule has 0 aliphatic rings. The smallest absolute Gasteiger partial charge is 0.256 e. The van der Waals surface area contributed by atoms with E-state index in [-0.39, 0.29) is 5.91 Å². The number of amides is 1. The molecule has 0 unspecified atom stereocenters. The molecule has 1 amide bonds. The van der Waals surface area contributed by atoms with Crippen molar-refractivity contribution in [2.75, 3.05) is 11.1 Å². The van der Waals surface area contributed by atoms with Gasteiger partial charge in [-0.25, -0.2) is 9.97 Å². The number of hydrogen-bond acceptors (Lipinski definition) is 4. The Kier molecular flexibility index (Phi) is 3.00. The van der Waals surface area contributed by atoms with Gasteiger partial charge in [-0.3, -0.25) is 4.79 Å². The van der Waals surface area contributed by atoms with Gasteiger partial charge >= 0.3 is 0 Å². The summed E-state index contributed by atoms with van der Waals surface area (Å²) in [5, 5.41) is 2.71. The van der Waals surface area contributed by atoms with Crippen LogP contribution in [0.15, 0.2) is 36.9 Å². The molecule has 5 nitrogen and oxygen atoms in total. The van der Waals surface area contributed by atoms with E-state index in [9.17, 15) is 4.79 Å². The maximum Gasteiger partial charge on any atom is 0.256 e. The van der Waals surface area contributed by atoms with Gasteiger partial charge in [0.2, 0.25) is 0 Å². The predicted molar refractivity (Wildman–Crippen MR) is 65.6 cm³/mol. The van der Waals surface area contributed by atoms with E-state index in [2.05, 4.69) is 15.3 Å². The lowest BCUT2D eigenvalue weighted by molar-refractivity contribution is 0.102. The standard InChI is InChI=1S/C12H12N4O/c1-8-4-9(13)2-3-11(8)12(17)16-10-5-14-7-15-6-10/h2-7H,13H2,1H3,(H,16,17). The van der Waals surface area contributed by atoms with Crippen LogP contribution >= 0.6 is 0 Å². The highest BCUT2D eigenvalue weighted by atomic mass is 16.1. The molecule has 0 radical (unpaired) electrons. The summed E-state index contributed by atoms with van der Waals surface area (Å²) in [4.78, 5) is 19.6. The van der Waals surface area contributed by atoms with Crippen molar-refractivity contribution < 1.29 is 4.79 Å². The first-order valence-electron chi connectivity index (χ1n) is 5.09. The van der Waals surface area contributed by atoms with Crippen LogP contribution in [-0.4, -0.2) is 15.9 Å². The quantitative estimate of drug-likeness (QED) is 0.765. The number of hydrogen-bond donors (Lipinski definition) is 2. The van der Waals surface area contributed by atoms with Crippen molar-refractivity contribution in [3.8, 4) is 0 Å². The van der Waals surface area contributed by atoms with E-state index in [1.807, 2.05) is 6.92 Å². The number of rotatable bonds is 2. The Morgan fingerprint density at radius 3 is 2.65 bits per heavy atom. The number of nitrogens with one attached hydrogen (secondary N) is 1. The molecule has 2 rings (SSSR count). The van der Waals surface area contributed by atoms with Crippen LogP contribution in [0.25, 0.3) is 0 Å². The maximum absolute atomic E-state index is 11.9. The fourth-order valence-electron chi connectivity index (χ4n) is 1.50. The summed E-state index contributed by atoms with van der Waals surface area (Å²) in [6, 6.07) is 5.16. The zero-order valence-corrected chi connectivity index (χ0v) is 9.34. The van der Waals surface area contributed by atoms with Gasteiger partial charge in [0.1, 0.15) is 6.33 Å². The van der Waals surface area contributed by atoms with E-state index in [4.69, 9.17) is 5.73 Å². The Morgan fingerprint density at radius 1 is 1.29 bits per heavy atom. The molecular weight excluding hydrogens is 216 g/mol. The van der Waals surface area contributed by atoms with E-state index >= 15 is 0 Å². The summed E-state index contributed by atoms with van der Waals surface area (Å²) in [7, 11) is 0. The lowest BCUT2D eigenvalue weighted by Crippen LogP contribution is -2.13. The molecule has 0 spiro atoms. The average Bonchev–Trinajstić information content (AvgIpc) is 2.30. The second kappa shape index (κ2) is 4.61. The van der Waals surface area contributed by atoms with Crippen LogP contribution in [0.2, 0.25) is 0 Å². The zero-order valence-electron chi connectivity index (χ0n) is 9.34. The molecule has 0 bridgehead atoms. The largest absolute Gasteiger partial charge is 0.399 e. The first-order chi connectivity index (χ1) is 8.16. The molecule has 0 atom stereocenters. The molecule has 0 aliphatic heterocycles. The van der Waals surface area contributed by atoms with Crippen molar-refractivity contribution in [2.24, 2.45) is 0 Å². The van der Waals surface area contributed by atoms with Crippen LogP contribution in [-0.2, 0) is 0 Å². The van der Waals surface area contributed by atoms with Crippen molar-refractivity contribution in [3.63, 3.8) is 0 Å². The van der Waals surface area contributed by atoms with E-state index in [0.29, 0.717) is 16.9 Å². The Bertz CT molecular complexity index is 539. The van der Waals surface area contributed by atoms with Gasteiger partial charge in [0.05, 0.1) is 18.1 Å². The maximum atomic E-state index is 11.9. The predicted octanol–water partition coefficient (Wildman–Crippen LogP) is 1.62. The van der Waals surface area contributed by atoms with Crippen LogP contribution in [0.3, 0.4) is 0 Å². The number of carbonyl (C=O) groups is 1. The first-order valence-corrected chi connectivity index (χ1v) is 5.09. The second-order valence-electron chi connectivity index (χ2n) is 3.66. The van der Waals surface area contributed by atoms with Gasteiger partial charge in [-0.15, -0.1) is 0 Å². The minimum Gasteiger partial charge on any atom is -0.399 e. The summed E-state index contributed by atoms with van der Waals surface area (Å²) in [6.07, 6.45) is 4.49. The first kappa shape index (κ1) is 11.1. The van der Waals surface area contributed by atoms with E-state index < -0.39 is 0 Å². The van der Waals surface area contributed by atoms with E-state index in [0.717, 1.165) is 5.56 Å². The normalized spacial score (nSPS) is 9.94. The van der Waals surface area contributed by atoms with Gasteiger partial charge in [-0.1, -0.05) is 0 Å². The minimum atomic E-state index is -0.197. The number of aryl methyl sites for hydroxylation is 1. The molecule has 1 aromatic carbocycles. The molecule has 17 heavy (non-hydrogen) atoms.